The average molecular weight is 350 g/mol. The first-order chi connectivity index (χ1) is 11.6. The van der Waals surface area contributed by atoms with Gasteiger partial charge in [-0.05, 0) is 31.9 Å². The minimum absolute atomic E-state index is 0.101. The van der Waals surface area contributed by atoms with Crippen molar-refractivity contribution in [1.82, 2.24) is 5.32 Å². The molecule has 24 heavy (non-hydrogen) atoms. The minimum atomic E-state index is -0.432. The van der Waals surface area contributed by atoms with Crippen molar-refractivity contribution in [2.45, 2.75) is 19.8 Å². The van der Waals surface area contributed by atoms with Crippen LogP contribution in [-0.4, -0.2) is 38.1 Å². The van der Waals surface area contributed by atoms with E-state index in [1.54, 1.807) is 25.1 Å². The van der Waals surface area contributed by atoms with E-state index in [0.29, 0.717) is 43.1 Å². The normalized spacial score (nSPS) is 14.8. The summed E-state index contributed by atoms with van der Waals surface area (Å²) in [5, 5.41) is 12.4. The van der Waals surface area contributed by atoms with Gasteiger partial charge in [0.2, 0.25) is 5.91 Å². The van der Waals surface area contributed by atoms with Crippen LogP contribution in [0.5, 0.6) is 0 Å². The van der Waals surface area contributed by atoms with Gasteiger partial charge < -0.3 is 15.0 Å². The van der Waals surface area contributed by atoms with Gasteiger partial charge in [0, 0.05) is 19.0 Å². The molecule has 2 rings (SSSR count). The molecule has 1 aromatic rings. The number of carbonyl (C=O) groups is 2. The fraction of sp³-hybridized carbons (Fsp3) is 0.471. The van der Waals surface area contributed by atoms with E-state index in [-0.39, 0.29) is 18.4 Å². The number of carbonyl (C=O) groups excluding carboxylic acids is 2. The SMILES string of the molecule is CCOC(=O)CNC(=O)C1CCN(c2c(Cl)cccc2C#N)CC1. The van der Waals surface area contributed by atoms with Crippen molar-refractivity contribution in [3.63, 3.8) is 0 Å². The Bertz CT molecular complexity index is 649. The first-order valence-corrected chi connectivity index (χ1v) is 8.31. The second-order valence-corrected chi connectivity index (χ2v) is 5.94. The van der Waals surface area contributed by atoms with Gasteiger partial charge in [-0.2, -0.15) is 5.26 Å². The van der Waals surface area contributed by atoms with E-state index in [2.05, 4.69) is 11.4 Å². The summed E-state index contributed by atoms with van der Waals surface area (Å²) in [5.74, 6) is -0.718. The third kappa shape index (κ3) is 4.39. The lowest BCUT2D eigenvalue weighted by Gasteiger charge is -2.33. The van der Waals surface area contributed by atoms with Gasteiger partial charge in [0.25, 0.3) is 0 Å². The monoisotopic (exact) mass is 349 g/mol. The van der Waals surface area contributed by atoms with Gasteiger partial charge in [0.15, 0.2) is 0 Å². The molecule has 1 aliphatic heterocycles. The standard InChI is InChI=1S/C17H20ClN3O3/c1-2-24-15(22)11-20-17(23)12-6-8-21(9-7-12)16-13(10-19)4-3-5-14(16)18/h3-5,12H,2,6-9,11H2,1H3,(H,20,23). The fourth-order valence-corrected chi connectivity index (χ4v) is 3.10. The molecule has 0 atom stereocenters. The quantitative estimate of drug-likeness (QED) is 0.823. The molecule has 0 unspecified atom stereocenters. The number of anilines is 1. The Kier molecular flexibility index (Phi) is 6.44. The summed E-state index contributed by atoms with van der Waals surface area (Å²) in [6.45, 7) is 3.19. The molecule has 1 amide bonds. The summed E-state index contributed by atoms with van der Waals surface area (Å²) in [6, 6.07) is 7.40. The lowest BCUT2D eigenvalue weighted by Crippen LogP contribution is -2.42. The molecule has 0 radical (unpaired) electrons. The number of rotatable bonds is 5. The molecule has 6 nitrogen and oxygen atoms in total. The molecule has 0 aromatic heterocycles. The molecule has 1 aliphatic rings. The zero-order chi connectivity index (χ0) is 17.5. The van der Waals surface area contributed by atoms with Crippen LogP contribution in [0, 0.1) is 17.2 Å². The Hall–Kier alpha value is -2.26. The number of nitriles is 1. The summed E-state index contributed by atoms with van der Waals surface area (Å²) in [5.41, 5.74) is 1.26. The third-order valence-corrected chi connectivity index (χ3v) is 4.31. The second kappa shape index (κ2) is 8.55. The van der Waals surface area contributed by atoms with Crippen LogP contribution in [0.25, 0.3) is 0 Å². The number of nitrogens with one attached hydrogen (secondary N) is 1. The van der Waals surface area contributed by atoms with Crippen molar-refractivity contribution < 1.29 is 14.3 Å². The average Bonchev–Trinajstić information content (AvgIpc) is 2.60. The van der Waals surface area contributed by atoms with Gasteiger partial charge in [-0.15, -0.1) is 0 Å². The van der Waals surface area contributed by atoms with E-state index in [4.69, 9.17) is 16.3 Å². The van der Waals surface area contributed by atoms with E-state index < -0.39 is 5.97 Å². The number of halogens is 1. The van der Waals surface area contributed by atoms with Crippen LogP contribution < -0.4 is 10.2 Å². The molecule has 1 saturated heterocycles. The van der Waals surface area contributed by atoms with E-state index in [9.17, 15) is 14.9 Å². The lowest BCUT2D eigenvalue weighted by atomic mass is 9.95. The molecule has 1 heterocycles. The van der Waals surface area contributed by atoms with Gasteiger partial charge in [-0.25, -0.2) is 0 Å². The van der Waals surface area contributed by atoms with E-state index >= 15 is 0 Å². The number of esters is 1. The predicted molar refractivity (Wildman–Crippen MR) is 90.7 cm³/mol. The number of hydrogen-bond acceptors (Lipinski definition) is 5. The molecule has 1 N–H and O–H groups in total. The first kappa shape index (κ1) is 18.1. The smallest absolute Gasteiger partial charge is 0.325 e. The molecule has 0 spiro atoms. The van der Waals surface area contributed by atoms with E-state index in [1.807, 2.05) is 4.90 Å². The van der Waals surface area contributed by atoms with Crippen LogP contribution >= 0.6 is 11.6 Å². The van der Waals surface area contributed by atoms with Crippen molar-refractivity contribution in [2.75, 3.05) is 31.1 Å². The Balaban J connectivity index is 1.91. The van der Waals surface area contributed by atoms with E-state index in [0.717, 1.165) is 5.69 Å². The highest BCUT2D eigenvalue weighted by Crippen LogP contribution is 2.32. The molecule has 0 aliphatic carbocycles. The van der Waals surface area contributed by atoms with Crippen molar-refractivity contribution in [2.24, 2.45) is 5.92 Å². The Morgan fingerprint density at radius 2 is 2.12 bits per heavy atom. The molecule has 0 bridgehead atoms. The number of ether oxygens (including phenoxy) is 1. The van der Waals surface area contributed by atoms with Crippen molar-refractivity contribution in [1.29, 1.82) is 5.26 Å². The zero-order valence-electron chi connectivity index (χ0n) is 13.5. The second-order valence-electron chi connectivity index (χ2n) is 5.53. The molecule has 7 heteroatoms. The van der Waals surface area contributed by atoms with Crippen LogP contribution in [-0.2, 0) is 14.3 Å². The number of piperidine rings is 1. The number of amides is 1. The molecular formula is C17H20ClN3O3. The summed E-state index contributed by atoms with van der Waals surface area (Å²) < 4.78 is 4.79. The molecule has 1 fully saturated rings. The van der Waals surface area contributed by atoms with Crippen LogP contribution in [0.4, 0.5) is 5.69 Å². The number of benzene rings is 1. The molecule has 128 valence electrons. The van der Waals surface area contributed by atoms with Gasteiger partial charge in [0.1, 0.15) is 12.6 Å². The highest BCUT2D eigenvalue weighted by Gasteiger charge is 2.27. The summed E-state index contributed by atoms with van der Waals surface area (Å²) in [7, 11) is 0. The van der Waals surface area contributed by atoms with Crippen molar-refractivity contribution in [3.8, 4) is 6.07 Å². The zero-order valence-corrected chi connectivity index (χ0v) is 14.3. The minimum Gasteiger partial charge on any atom is -0.465 e. The molecular weight excluding hydrogens is 330 g/mol. The largest absolute Gasteiger partial charge is 0.465 e. The summed E-state index contributed by atoms with van der Waals surface area (Å²) in [6.07, 6.45) is 1.29. The maximum absolute atomic E-state index is 12.1. The maximum atomic E-state index is 12.1. The van der Waals surface area contributed by atoms with Crippen LogP contribution in [0.3, 0.4) is 0 Å². The fourth-order valence-electron chi connectivity index (χ4n) is 2.81. The van der Waals surface area contributed by atoms with Crippen LogP contribution in [0.15, 0.2) is 18.2 Å². The lowest BCUT2D eigenvalue weighted by molar-refractivity contribution is -0.143. The van der Waals surface area contributed by atoms with E-state index in [1.165, 1.54) is 0 Å². The highest BCUT2D eigenvalue weighted by molar-refractivity contribution is 6.33. The summed E-state index contributed by atoms with van der Waals surface area (Å²) in [4.78, 5) is 25.4. The highest BCUT2D eigenvalue weighted by atomic mass is 35.5. The number of para-hydroxylation sites is 1. The predicted octanol–water partition coefficient (Wildman–Crippen LogP) is 2.11. The van der Waals surface area contributed by atoms with Gasteiger partial charge in [-0.3, -0.25) is 9.59 Å². The van der Waals surface area contributed by atoms with Gasteiger partial charge in [0.05, 0.1) is 22.9 Å². The number of nitrogens with zero attached hydrogens (tertiary/aromatic N) is 2. The van der Waals surface area contributed by atoms with Crippen LogP contribution in [0.2, 0.25) is 5.02 Å². The Labute approximate surface area is 146 Å². The Morgan fingerprint density at radius 1 is 1.42 bits per heavy atom. The molecule has 0 saturated carbocycles. The topological polar surface area (TPSA) is 82.4 Å². The first-order valence-electron chi connectivity index (χ1n) is 7.93. The number of hydrogen-bond donors (Lipinski definition) is 1. The van der Waals surface area contributed by atoms with Crippen molar-refractivity contribution >= 4 is 29.2 Å². The molecule has 1 aromatic carbocycles. The third-order valence-electron chi connectivity index (χ3n) is 4.00. The van der Waals surface area contributed by atoms with Crippen molar-refractivity contribution in [3.05, 3.63) is 28.8 Å². The van der Waals surface area contributed by atoms with Gasteiger partial charge >= 0.3 is 5.97 Å². The van der Waals surface area contributed by atoms with Crippen LogP contribution in [0.1, 0.15) is 25.3 Å². The maximum Gasteiger partial charge on any atom is 0.325 e. The summed E-state index contributed by atoms with van der Waals surface area (Å²) >= 11 is 6.23. The van der Waals surface area contributed by atoms with Gasteiger partial charge in [-0.1, -0.05) is 17.7 Å². The Morgan fingerprint density at radius 3 is 2.75 bits per heavy atom.